The molecule has 1 heterocycles. The molecule has 2 rings (SSSR count). The molecule has 2 nitrogen and oxygen atoms in total. The number of H-pyrrole nitrogens is 1. The number of aliphatic hydroxyl groups excluding tert-OH is 1. The number of aromatic nitrogens is 1. The Morgan fingerprint density at radius 1 is 1.27 bits per heavy atom. The lowest BCUT2D eigenvalue weighted by Crippen LogP contribution is -2.19. The van der Waals surface area contributed by atoms with E-state index in [-0.39, 0.29) is 12.0 Å². The topological polar surface area (TPSA) is 36.0 Å². The number of rotatable bonds is 3. The molecule has 0 radical (unpaired) electrons. The van der Waals surface area contributed by atoms with Crippen LogP contribution in [0.25, 0.3) is 10.9 Å². The molecule has 1 aromatic heterocycles. The second kappa shape index (κ2) is 3.70. The largest absolute Gasteiger partial charge is 0.396 e. The van der Waals surface area contributed by atoms with Crippen molar-refractivity contribution in [3.8, 4) is 0 Å². The van der Waals surface area contributed by atoms with Crippen LogP contribution in [0.5, 0.6) is 0 Å². The van der Waals surface area contributed by atoms with E-state index < -0.39 is 0 Å². The molecule has 0 aliphatic rings. The number of para-hydroxylation sites is 1. The van der Waals surface area contributed by atoms with E-state index in [1.54, 1.807) is 0 Å². The van der Waals surface area contributed by atoms with E-state index in [1.807, 2.05) is 6.20 Å². The van der Waals surface area contributed by atoms with Crippen molar-refractivity contribution in [2.45, 2.75) is 20.3 Å². The molecule has 0 atom stereocenters. The van der Waals surface area contributed by atoms with Gasteiger partial charge in [-0.15, -0.1) is 0 Å². The van der Waals surface area contributed by atoms with E-state index in [4.69, 9.17) is 0 Å². The molecule has 80 valence electrons. The number of aliphatic hydroxyl groups is 1. The number of fused-ring (bicyclic) bond motifs is 1. The summed E-state index contributed by atoms with van der Waals surface area (Å²) < 4.78 is 0. The predicted molar refractivity (Wildman–Crippen MR) is 62.9 cm³/mol. The average Bonchev–Trinajstić information content (AvgIpc) is 2.66. The molecule has 1 aromatic carbocycles. The van der Waals surface area contributed by atoms with Crippen molar-refractivity contribution < 1.29 is 5.11 Å². The quantitative estimate of drug-likeness (QED) is 0.790. The highest BCUT2D eigenvalue weighted by molar-refractivity contribution is 5.82. The molecule has 0 aliphatic carbocycles. The van der Waals surface area contributed by atoms with Gasteiger partial charge in [-0.1, -0.05) is 32.0 Å². The van der Waals surface area contributed by atoms with Gasteiger partial charge < -0.3 is 10.1 Å². The number of hydrogen-bond acceptors (Lipinski definition) is 1. The highest BCUT2D eigenvalue weighted by Gasteiger charge is 2.18. The van der Waals surface area contributed by atoms with E-state index in [9.17, 15) is 5.11 Å². The van der Waals surface area contributed by atoms with Crippen LogP contribution in [-0.2, 0) is 6.42 Å². The maximum absolute atomic E-state index is 9.27. The Morgan fingerprint density at radius 2 is 2.07 bits per heavy atom. The summed E-state index contributed by atoms with van der Waals surface area (Å²) in [5, 5.41) is 10.5. The SMILES string of the molecule is CC(C)(CO)Cc1cccc2cc[nH]c12. The van der Waals surface area contributed by atoms with Gasteiger partial charge in [0.05, 0.1) is 0 Å². The number of aromatic amines is 1. The zero-order valence-corrected chi connectivity index (χ0v) is 9.25. The minimum Gasteiger partial charge on any atom is -0.396 e. The number of nitrogens with one attached hydrogen (secondary N) is 1. The van der Waals surface area contributed by atoms with E-state index >= 15 is 0 Å². The predicted octanol–water partition coefficient (Wildman–Crippen LogP) is 2.73. The molecule has 15 heavy (non-hydrogen) atoms. The van der Waals surface area contributed by atoms with Gasteiger partial charge in [-0.05, 0) is 28.9 Å². The van der Waals surface area contributed by atoms with Gasteiger partial charge in [-0.3, -0.25) is 0 Å². The van der Waals surface area contributed by atoms with Crippen molar-refractivity contribution in [1.29, 1.82) is 0 Å². The molecule has 2 heteroatoms. The van der Waals surface area contributed by atoms with Crippen LogP contribution in [0.3, 0.4) is 0 Å². The molecule has 2 aromatic rings. The van der Waals surface area contributed by atoms with Crippen LogP contribution in [-0.4, -0.2) is 16.7 Å². The molecular weight excluding hydrogens is 186 g/mol. The number of hydrogen-bond donors (Lipinski definition) is 2. The minimum absolute atomic E-state index is 0.0562. The van der Waals surface area contributed by atoms with Crippen LogP contribution in [0.2, 0.25) is 0 Å². The van der Waals surface area contributed by atoms with E-state index in [0.717, 1.165) is 6.42 Å². The summed E-state index contributed by atoms with van der Waals surface area (Å²) >= 11 is 0. The van der Waals surface area contributed by atoms with Crippen LogP contribution in [0, 0.1) is 5.41 Å². The average molecular weight is 203 g/mol. The molecule has 0 fully saturated rings. The molecule has 0 saturated heterocycles. The Morgan fingerprint density at radius 3 is 2.80 bits per heavy atom. The summed E-state index contributed by atoms with van der Waals surface area (Å²) in [5.41, 5.74) is 2.41. The van der Waals surface area contributed by atoms with Crippen molar-refractivity contribution in [1.82, 2.24) is 4.98 Å². The van der Waals surface area contributed by atoms with Crippen LogP contribution in [0.4, 0.5) is 0 Å². The Hall–Kier alpha value is -1.28. The van der Waals surface area contributed by atoms with Gasteiger partial charge in [-0.25, -0.2) is 0 Å². The van der Waals surface area contributed by atoms with E-state index in [0.29, 0.717) is 0 Å². The third kappa shape index (κ3) is 2.05. The van der Waals surface area contributed by atoms with Crippen LogP contribution < -0.4 is 0 Å². The second-order valence-electron chi connectivity index (χ2n) is 4.86. The van der Waals surface area contributed by atoms with E-state index in [1.165, 1.54) is 16.5 Å². The normalized spacial score (nSPS) is 12.2. The van der Waals surface area contributed by atoms with Crippen LogP contribution >= 0.6 is 0 Å². The van der Waals surface area contributed by atoms with Crippen LogP contribution in [0.1, 0.15) is 19.4 Å². The Bertz CT molecular complexity index is 456. The lowest BCUT2D eigenvalue weighted by molar-refractivity contribution is 0.160. The van der Waals surface area contributed by atoms with Gasteiger partial charge in [0.25, 0.3) is 0 Å². The fourth-order valence-electron chi connectivity index (χ4n) is 1.87. The first-order valence-corrected chi connectivity index (χ1v) is 5.28. The standard InChI is InChI=1S/C13H17NO/c1-13(2,9-15)8-11-5-3-4-10-6-7-14-12(10)11/h3-7,14-15H,8-9H2,1-2H3. The van der Waals surface area contributed by atoms with Gasteiger partial charge in [0, 0.05) is 18.3 Å². The molecule has 0 saturated carbocycles. The second-order valence-corrected chi connectivity index (χ2v) is 4.86. The lowest BCUT2D eigenvalue weighted by atomic mass is 9.86. The maximum atomic E-state index is 9.27. The monoisotopic (exact) mass is 203 g/mol. The summed E-state index contributed by atoms with van der Waals surface area (Å²) in [6, 6.07) is 8.36. The summed E-state index contributed by atoms with van der Waals surface area (Å²) in [5.74, 6) is 0. The molecule has 0 bridgehead atoms. The number of benzene rings is 1. The zero-order chi connectivity index (χ0) is 10.9. The van der Waals surface area contributed by atoms with Crippen molar-refractivity contribution in [2.75, 3.05) is 6.61 Å². The Balaban J connectivity index is 2.39. The summed E-state index contributed by atoms with van der Waals surface area (Å²) in [6.07, 6.45) is 2.85. The first-order valence-electron chi connectivity index (χ1n) is 5.28. The third-order valence-corrected chi connectivity index (χ3v) is 2.77. The Kier molecular flexibility index (Phi) is 2.53. The van der Waals surface area contributed by atoms with Crippen LogP contribution in [0.15, 0.2) is 30.5 Å². The minimum atomic E-state index is -0.0562. The molecule has 0 spiro atoms. The van der Waals surface area contributed by atoms with Gasteiger partial charge in [0.15, 0.2) is 0 Å². The summed E-state index contributed by atoms with van der Waals surface area (Å²) in [4.78, 5) is 3.25. The maximum Gasteiger partial charge on any atom is 0.0486 e. The van der Waals surface area contributed by atoms with Gasteiger partial charge in [0.1, 0.15) is 0 Å². The molecule has 0 unspecified atom stereocenters. The highest BCUT2D eigenvalue weighted by atomic mass is 16.3. The van der Waals surface area contributed by atoms with Crippen molar-refractivity contribution in [3.63, 3.8) is 0 Å². The fourth-order valence-corrected chi connectivity index (χ4v) is 1.87. The van der Waals surface area contributed by atoms with Crippen molar-refractivity contribution in [2.24, 2.45) is 5.41 Å². The highest BCUT2D eigenvalue weighted by Crippen LogP contribution is 2.25. The Labute approximate surface area is 89.9 Å². The third-order valence-electron chi connectivity index (χ3n) is 2.77. The molecule has 2 N–H and O–H groups in total. The van der Waals surface area contributed by atoms with Gasteiger partial charge in [0.2, 0.25) is 0 Å². The first kappa shape index (κ1) is 10.2. The summed E-state index contributed by atoms with van der Waals surface area (Å²) in [6.45, 7) is 4.37. The zero-order valence-electron chi connectivity index (χ0n) is 9.25. The van der Waals surface area contributed by atoms with Gasteiger partial charge >= 0.3 is 0 Å². The van der Waals surface area contributed by atoms with E-state index in [2.05, 4.69) is 43.1 Å². The fraction of sp³-hybridized carbons (Fsp3) is 0.385. The van der Waals surface area contributed by atoms with Crippen molar-refractivity contribution >= 4 is 10.9 Å². The van der Waals surface area contributed by atoms with Gasteiger partial charge in [-0.2, -0.15) is 0 Å². The smallest absolute Gasteiger partial charge is 0.0486 e. The molecule has 0 amide bonds. The van der Waals surface area contributed by atoms with Crippen molar-refractivity contribution in [3.05, 3.63) is 36.0 Å². The lowest BCUT2D eigenvalue weighted by Gasteiger charge is -2.21. The first-order chi connectivity index (χ1) is 7.12. The molecule has 0 aliphatic heterocycles. The summed E-state index contributed by atoms with van der Waals surface area (Å²) in [7, 11) is 0. The molecular formula is C13H17NO.